The highest BCUT2D eigenvalue weighted by Crippen LogP contribution is 2.21. The van der Waals surface area contributed by atoms with Gasteiger partial charge in [0.05, 0.1) is 16.3 Å². The summed E-state index contributed by atoms with van der Waals surface area (Å²) in [7, 11) is -3.42. The molecular weight excluding hydrogens is 336 g/mol. The van der Waals surface area contributed by atoms with Gasteiger partial charge < -0.3 is 11.1 Å². The third kappa shape index (κ3) is 4.93. The average molecular weight is 352 g/mol. The van der Waals surface area contributed by atoms with Crippen molar-refractivity contribution in [3.63, 3.8) is 0 Å². The molecule has 7 nitrogen and oxygen atoms in total. The van der Waals surface area contributed by atoms with Crippen molar-refractivity contribution in [3.05, 3.63) is 36.0 Å². The standard InChI is InChI=1S/C14H16N4O3S2/c1-9-7-12(15)18-14(16-9)22-8-13(19)17-10-5-3-4-6-11(10)23(2,20)21/h3-7H,8H2,1-2H3,(H,17,19)(H2,15,16,18). The fourth-order valence-corrected chi connectivity index (χ4v) is 3.39. The van der Waals surface area contributed by atoms with Crippen molar-refractivity contribution in [1.82, 2.24) is 9.97 Å². The minimum absolute atomic E-state index is 0.0426. The van der Waals surface area contributed by atoms with E-state index in [4.69, 9.17) is 5.73 Å². The summed E-state index contributed by atoms with van der Waals surface area (Å²) in [5.74, 6) is 0.0265. The number of hydrogen-bond donors (Lipinski definition) is 2. The molecule has 0 aliphatic carbocycles. The largest absolute Gasteiger partial charge is 0.384 e. The molecule has 0 aliphatic rings. The van der Waals surface area contributed by atoms with Gasteiger partial charge in [0.15, 0.2) is 15.0 Å². The lowest BCUT2D eigenvalue weighted by Gasteiger charge is -2.09. The first kappa shape index (κ1) is 17.2. The van der Waals surface area contributed by atoms with Crippen LogP contribution in [-0.4, -0.2) is 36.3 Å². The molecule has 0 bridgehead atoms. The van der Waals surface area contributed by atoms with Crippen LogP contribution < -0.4 is 11.1 Å². The summed E-state index contributed by atoms with van der Waals surface area (Å²) in [6.45, 7) is 1.78. The molecule has 0 unspecified atom stereocenters. The zero-order valence-corrected chi connectivity index (χ0v) is 14.2. The summed E-state index contributed by atoms with van der Waals surface area (Å²) >= 11 is 1.13. The zero-order valence-electron chi connectivity index (χ0n) is 12.6. The van der Waals surface area contributed by atoms with Gasteiger partial charge in [0.25, 0.3) is 0 Å². The first-order valence-corrected chi connectivity index (χ1v) is 9.46. The minimum Gasteiger partial charge on any atom is -0.384 e. The maximum Gasteiger partial charge on any atom is 0.234 e. The number of anilines is 2. The SMILES string of the molecule is Cc1cc(N)nc(SCC(=O)Nc2ccccc2S(C)(=O)=O)n1. The maximum atomic E-state index is 12.0. The second-order valence-electron chi connectivity index (χ2n) is 4.82. The number of para-hydroxylation sites is 1. The van der Waals surface area contributed by atoms with E-state index in [-0.39, 0.29) is 22.2 Å². The van der Waals surface area contributed by atoms with Gasteiger partial charge in [-0.15, -0.1) is 0 Å². The van der Waals surface area contributed by atoms with E-state index in [1.165, 1.54) is 6.07 Å². The first-order chi connectivity index (χ1) is 10.8. The Morgan fingerprint density at radius 1 is 1.30 bits per heavy atom. The van der Waals surface area contributed by atoms with Crippen LogP contribution >= 0.6 is 11.8 Å². The quantitative estimate of drug-likeness (QED) is 0.619. The van der Waals surface area contributed by atoms with E-state index in [0.29, 0.717) is 16.7 Å². The molecule has 3 N–H and O–H groups in total. The summed E-state index contributed by atoms with van der Waals surface area (Å²) in [6.07, 6.45) is 1.09. The molecule has 2 aromatic rings. The number of amides is 1. The van der Waals surface area contributed by atoms with Gasteiger partial charge in [-0.3, -0.25) is 4.79 Å². The van der Waals surface area contributed by atoms with E-state index < -0.39 is 9.84 Å². The lowest BCUT2D eigenvalue weighted by molar-refractivity contribution is -0.113. The molecule has 0 atom stereocenters. The van der Waals surface area contributed by atoms with Gasteiger partial charge in [0, 0.05) is 18.0 Å². The zero-order chi connectivity index (χ0) is 17.0. The average Bonchev–Trinajstić information content (AvgIpc) is 2.43. The second-order valence-corrected chi connectivity index (χ2v) is 7.75. The molecule has 0 fully saturated rings. The van der Waals surface area contributed by atoms with Crippen LogP contribution in [0.4, 0.5) is 11.5 Å². The lowest BCUT2D eigenvalue weighted by Crippen LogP contribution is -2.16. The van der Waals surface area contributed by atoms with Crippen molar-refractivity contribution < 1.29 is 13.2 Å². The number of thioether (sulfide) groups is 1. The highest BCUT2D eigenvalue weighted by Gasteiger charge is 2.15. The number of carbonyl (C=O) groups is 1. The third-order valence-corrected chi connectivity index (χ3v) is 4.75. The van der Waals surface area contributed by atoms with E-state index >= 15 is 0 Å². The Hall–Kier alpha value is -2.13. The number of rotatable bonds is 5. The normalized spacial score (nSPS) is 11.2. The van der Waals surface area contributed by atoms with E-state index in [2.05, 4.69) is 15.3 Å². The van der Waals surface area contributed by atoms with E-state index in [9.17, 15) is 13.2 Å². The molecule has 0 saturated carbocycles. The Morgan fingerprint density at radius 3 is 2.65 bits per heavy atom. The highest BCUT2D eigenvalue weighted by molar-refractivity contribution is 7.99. The van der Waals surface area contributed by atoms with Crippen LogP contribution in [0.1, 0.15) is 5.69 Å². The lowest BCUT2D eigenvalue weighted by atomic mass is 10.3. The molecule has 122 valence electrons. The van der Waals surface area contributed by atoms with Crippen LogP contribution in [0.25, 0.3) is 0 Å². The monoisotopic (exact) mass is 352 g/mol. The van der Waals surface area contributed by atoms with Gasteiger partial charge in [-0.1, -0.05) is 23.9 Å². The van der Waals surface area contributed by atoms with E-state index in [1.54, 1.807) is 31.2 Å². The molecule has 0 saturated heterocycles. The third-order valence-electron chi connectivity index (χ3n) is 2.75. The molecule has 0 spiro atoms. The molecule has 0 radical (unpaired) electrons. The van der Waals surface area contributed by atoms with Crippen LogP contribution in [0, 0.1) is 6.92 Å². The van der Waals surface area contributed by atoms with E-state index in [1.807, 2.05) is 0 Å². The smallest absolute Gasteiger partial charge is 0.234 e. The topological polar surface area (TPSA) is 115 Å². The number of nitrogen functional groups attached to an aromatic ring is 1. The molecule has 9 heteroatoms. The summed E-state index contributed by atoms with van der Waals surface area (Å²) in [5, 5.41) is 2.99. The molecule has 23 heavy (non-hydrogen) atoms. The fourth-order valence-electron chi connectivity index (χ4n) is 1.84. The van der Waals surface area contributed by atoms with Gasteiger partial charge in [-0.25, -0.2) is 18.4 Å². The Morgan fingerprint density at radius 2 is 2.00 bits per heavy atom. The van der Waals surface area contributed by atoms with E-state index in [0.717, 1.165) is 18.0 Å². The number of nitrogens with zero attached hydrogens (tertiary/aromatic N) is 2. The Bertz CT molecular complexity index is 817. The molecule has 0 aliphatic heterocycles. The Labute approximate surface area is 138 Å². The van der Waals surface area contributed by atoms with Crippen LogP contribution in [0.5, 0.6) is 0 Å². The molecule has 1 aromatic heterocycles. The number of nitrogens with two attached hydrogens (primary N) is 1. The number of aromatic nitrogens is 2. The Balaban J connectivity index is 2.06. The van der Waals surface area contributed by atoms with Crippen molar-refractivity contribution in [1.29, 1.82) is 0 Å². The van der Waals surface area contributed by atoms with Crippen LogP contribution in [0.2, 0.25) is 0 Å². The number of nitrogens with one attached hydrogen (secondary N) is 1. The minimum atomic E-state index is -3.42. The van der Waals surface area contributed by atoms with Crippen LogP contribution in [0.3, 0.4) is 0 Å². The summed E-state index contributed by atoms with van der Waals surface area (Å²) in [4.78, 5) is 20.3. The number of carbonyl (C=O) groups excluding carboxylic acids is 1. The summed E-state index contributed by atoms with van der Waals surface area (Å²) < 4.78 is 23.4. The fraction of sp³-hybridized carbons (Fsp3) is 0.214. The Kier molecular flexibility index (Phi) is 5.22. The van der Waals surface area contributed by atoms with Gasteiger partial charge in [-0.05, 0) is 19.1 Å². The first-order valence-electron chi connectivity index (χ1n) is 6.58. The van der Waals surface area contributed by atoms with Gasteiger partial charge in [-0.2, -0.15) is 0 Å². The number of sulfone groups is 1. The molecule has 1 heterocycles. The van der Waals surface area contributed by atoms with Crippen molar-refractivity contribution in [2.24, 2.45) is 0 Å². The predicted octanol–water partition coefficient (Wildman–Crippen LogP) is 1.50. The number of aryl methyl sites for hydroxylation is 1. The van der Waals surface area contributed by atoms with Crippen molar-refractivity contribution >= 4 is 39.0 Å². The van der Waals surface area contributed by atoms with Crippen LogP contribution in [0.15, 0.2) is 40.4 Å². The van der Waals surface area contributed by atoms with Crippen molar-refractivity contribution in [3.8, 4) is 0 Å². The molecular formula is C14H16N4O3S2. The van der Waals surface area contributed by atoms with Gasteiger partial charge >= 0.3 is 0 Å². The predicted molar refractivity (Wildman–Crippen MR) is 90.1 cm³/mol. The molecule has 2 rings (SSSR count). The summed E-state index contributed by atoms with van der Waals surface area (Å²) in [6, 6.07) is 7.88. The van der Waals surface area contributed by atoms with Gasteiger partial charge in [0.1, 0.15) is 5.82 Å². The van der Waals surface area contributed by atoms with Crippen molar-refractivity contribution in [2.75, 3.05) is 23.1 Å². The van der Waals surface area contributed by atoms with Gasteiger partial charge in [0.2, 0.25) is 5.91 Å². The summed E-state index contributed by atoms with van der Waals surface area (Å²) in [5.41, 5.74) is 6.59. The van der Waals surface area contributed by atoms with Crippen molar-refractivity contribution in [2.45, 2.75) is 17.0 Å². The van der Waals surface area contributed by atoms with Crippen LogP contribution in [-0.2, 0) is 14.6 Å². The highest BCUT2D eigenvalue weighted by atomic mass is 32.2. The maximum absolute atomic E-state index is 12.0. The second kappa shape index (κ2) is 6.97. The number of benzene rings is 1. The molecule has 1 aromatic carbocycles. The molecule has 1 amide bonds. The number of hydrogen-bond acceptors (Lipinski definition) is 7.